The van der Waals surface area contributed by atoms with Gasteiger partial charge in [-0.2, -0.15) is 0 Å². The average molecular weight is 199 g/mol. The number of halogens is 1. The topological polar surface area (TPSA) is 55.1 Å². The molecule has 2 amide bonds. The van der Waals surface area contributed by atoms with Crippen LogP contribution in [0.4, 0.5) is 4.79 Å². The predicted octanol–water partition coefficient (Wildman–Crippen LogP) is 2.07. The number of hydrogen-bond acceptors (Lipinski definition) is 1. The summed E-state index contributed by atoms with van der Waals surface area (Å²) in [5.74, 6) is 0. The Kier molecular flexibility index (Phi) is 3.14. The van der Waals surface area contributed by atoms with E-state index < -0.39 is 6.03 Å². The summed E-state index contributed by atoms with van der Waals surface area (Å²) in [4.78, 5) is 10.5. The van der Waals surface area contributed by atoms with Crippen molar-refractivity contribution in [2.24, 2.45) is 5.73 Å². The molecule has 13 heavy (non-hydrogen) atoms. The normalized spacial score (nSPS) is 12.2. The van der Waals surface area contributed by atoms with E-state index in [-0.39, 0.29) is 6.04 Å². The molecule has 1 aromatic carbocycles. The van der Waals surface area contributed by atoms with Crippen molar-refractivity contribution in [2.75, 3.05) is 0 Å². The molecule has 0 radical (unpaired) electrons. The molecular formula is C9H11ClN2O. The number of carbonyl (C=O) groups is 1. The summed E-state index contributed by atoms with van der Waals surface area (Å²) in [6.45, 7) is 1.86. The molecule has 0 bridgehead atoms. The molecular weight excluding hydrogens is 188 g/mol. The van der Waals surface area contributed by atoms with Gasteiger partial charge in [0.15, 0.2) is 0 Å². The van der Waals surface area contributed by atoms with Crippen molar-refractivity contribution in [1.29, 1.82) is 0 Å². The second-order valence-electron chi connectivity index (χ2n) is 2.78. The minimum Gasteiger partial charge on any atom is -0.352 e. The number of hydrogen-bond donors (Lipinski definition) is 2. The molecule has 1 aromatic rings. The van der Waals surface area contributed by atoms with Gasteiger partial charge < -0.3 is 11.1 Å². The van der Waals surface area contributed by atoms with Crippen molar-refractivity contribution in [3.05, 3.63) is 34.9 Å². The molecule has 1 unspecified atom stereocenters. The zero-order valence-electron chi connectivity index (χ0n) is 7.25. The summed E-state index contributed by atoms with van der Waals surface area (Å²) in [5, 5.41) is 3.25. The zero-order chi connectivity index (χ0) is 9.84. The maximum Gasteiger partial charge on any atom is 0.312 e. The summed E-state index contributed by atoms with van der Waals surface area (Å²) in [6.07, 6.45) is 0. The zero-order valence-corrected chi connectivity index (χ0v) is 8.01. The van der Waals surface area contributed by atoms with Gasteiger partial charge in [0.25, 0.3) is 0 Å². The van der Waals surface area contributed by atoms with Crippen molar-refractivity contribution in [3.8, 4) is 0 Å². The van der Waals surface area contributed by atoms with Crippen molar-refractivity contribution in [1.82, 2.24) is 5.32 Å². The fraction of sp³-hybridized carbons (Fsp3) is 0.222. The Morgan fingerprint density at radius 1 is 1.46 bits per heavy atom. The number of nitrogens with two attached hydrogens (primary N) is 1. The van der Waals surface area contributed by atoms with E-state index in [1.807, 2.05) is 19.1 Å². The maximum absolute atomic E-state index is 10.5. The highest BCUT2D eigenvalue weighted by Crippen LogP contribution is 2.15. The van der Waals surface area contributed by atoms with E-state index in [1.54, 1.807) is 12.1 Å². The third kappa shape index (κ3) is 2.95. The van der Waals surface area contributed by atoms with Crippen molar-refractivity contribution in [3.63, 3.8) is 0 Å². The van der Waals surface area contributed by atoms with Gasteiger partial charge in [0, 0.05) is 5.02 Å². The van der Waals surface area contributed by atoms with Gasteiger partial charge in [0.05, 0.1) is 6.04 Å². The summed E-state index contributed by atoms with van der Waals surface area (Å²) < 4.78 is 0. The standard InChI is InChI=1S/C9H11ClN2O/c1-6(12-9(11)13)7-2-4-8(10)5-3-7/h2-6H,1H3,(H3,11,12,13). The lowest BCUT2D eigenvalue weighted by Crippen LogP contribution is -2.31. The molecule has 0 heterocycles. The molecule has 0 aromatic heterocycles. The fourth-order valence-corrected chi connectivity index (χ4v) is 1.17. The lowest BCUT2D eigenvalue weighted by molar-refractivity contribution is 0.246. The number of primary amides is 1. The van der Waals surface area contributed by atoms with Crippen LogP contribution in [0.25, 0.3) is 0 Å². The Morgan fingerprint density at radius 2 is 2.00 bits per heavy atom. The first kappa shape index (κ1) is 9.86. The lowest BCUT2D eigenvalue weighted by atomic mass is 10.1. The van der Waals surface area contributed by atoms with Gasteiger partial charge in [-0.15, -0.1) is 0 Å². The van der Waals surface area contributed by atoms with Crippen LogP contribution < -0.4 is 11.1 Å². The van der Waals surface area contributed by atoms with Crippen molar-refractivity contribution >= 4 is 17.6 Å². The van der Waals surface area contributed by atoms with Gasteiger partial charge in [0.1, 0.15) is 0 Å². The molecule has 0 saturated heterocycles. The van der Waals surface area contributed by atoms with Gasteiger partial charge in [-0.3, -0.25) is 0 Å². The third-order valence-corrected chi connectivity index (χ3v) is 1.98. The SMILES string of the molecule is CC(NC(N)=O)c1ccc(Cl)cc1. The van der Waals surface area contributed by atoms with E-state index >= 15 is 0 Å². The Labute approximate surface area is 81.9 Å². The molecule has 0 aliphatic rings. The van der Waals surface area contributed by atoms with E-state index in [0.29, 0.717) is 5.02 Å². The second kappa shape index (κ2) is 4.14. The summed E-state index contributed by atoms with van der Waals surface area (Å²) in [7, 11) is 0. The molecule has 3 N–H and O–H groups in total. The minimum atomic E-state index is -0.526. The van der Waals surface area contributed by atoms with Crippen LogP contribution in [0.15, 0.2) is 24.3 Å². The van der Waals surface area contributed by atoms with Crippen LogP contribution in [0.2, 0.25) is 5.02 Å². The smallest absolute Gasteiger partial charge is 0.312 e. The Bertz CT molecular complexity index is 297. The predicted molar refractivity (Wildman–Crippen MR) is 52.6 cm³/mol. The molecule has 4 heteroatoms. The third-order valence-electron chi connectivity index (χ3n) is 1.73. The van der Waals surface area contributed by atoms with Crippen molar-refractivity contribution in [2.45, 2.75) is 13.0 Å². The van der Waals surface area contributed by atoms with Gasteiger partial charge in [0.2, 0.25) is 0 Å². The van der Waals surface area contributed by atoms with Gasteiger partial charge in [-0.25, -0.2) is 4.79 Å². The fourth-order valence-electron chi connectivity index (χ4n) is 1.05. The number of urea groups is 1. The molecule has 0 aliphatic carbocycles. The van der Waals surface area contributed by atoms with E-state index in [4.69, 9.17) is 17.3 Å². The molecule has 0 aliphatic heterocycles. The van der Waals surface area contributed by atoms with Crippen LogP contribution in [-0.4, -0.2) is 6.03 Å². The first-order valence-corrected chi connectivity index (χ1v) is 4.29. The molecule has 0 spiro atoms. The molecule has 3 nitrogen and oxygen atoms in total. The molecule has 1 rings (SSSR count). The van der Waals surface area contributed by atoms with Gasteiger partial charge in [-0.05, 0) is 24.6 Å². The quantitative estimate of drug-likeness (QED) is 0.751. The number of benzene rings is 1. The van der Waals surface area contributed by atoms with Crippen LogP contribution in [-0.2, 0) is 0 Å². The maximum atomic E-state index is 10.5. The highest BCUT2D eigenvalue weighted by atomic mass is 35.5. The van der Waals surface area contributed by atoms with Crippen LogP contribution in [0.3, 0.4) is 0 Å². The molecule has 0 saturated carbocycles. The van der Waals surface area contributed by atoms with Crippen molar-refractivity contribution < 1.29 is 4.79 Å². The second-order valence-corrected chi connectivity index (χ2v) is 3.22. The first-order valence-electron chi connectivity index (χ1n) is 3.91. The average Bonchev–Trinajstić information content (AvgIpc) is 2.04. The largest absolute Gasteiger partial charge is 0.352 e. The minimum absolute atomic E-state index is 0.0882. The summed E-state index contributed by atoms with van der Waals surface area (Å²) in [6, 6.07) is 6.63. The summed E-state index contributed by atoms with van der Waals surface area (Å²) in [5.41, 5.74) is 5.96. The van der Waals surface area contributed by atoms with E-state index in [1.165, 1.54) is 0 Å². The number of rotatable bonds is 2. The van der Waals surface area contributed by atoms with E-state index in [9.17, 15) is 4.79 Å². The van der Waals surface area contributed by atoms with Crippen LogP contribution in [0.5, 0.6) is 0 Å². The first-order chi connectivity index (χ1) is 6.09. The molecule has 70 valence electrons. The summed E-state index contributed by atoms with van der Waals surface area (Å²) >= 11 is 5.71. The van der Waals surface area contributed by atoms with E-state index in [2.05, 4.69) is 5.32 Å². The Balaban J connectivity index is 2.71. The molecule has 0 fully saturated rings. The highest BCUT2D eigenvalue weighted by Gasteiger charge is 2.05. The number of nitrogens with one attached hydrogen (secondary N) is 1. The number of carbonyl (C=O) groups excluding carboxylic acids is 1. The lowest BCUT2D eigenvalue weighted by Gasteiger charge is -2.11. The van der Waals surface area contributed by atoms with Crippen LogP contribution in [0.1, 0.15) is 18.5 Å². The monoisotopic (exact) mass is 198 g/mol. The highest BCUT2D eigenvalue weighted by molar-refractivity contribution is 6.30. The van der Waals surface area contributed by atoms with E-state index in [0.717, 1.165) is 5.56 Å². The Morgan fingerprint density at radius 3 is 2.46 bits per heavy atom. The number of amides is 2. The molecule has 1 atom stereocenters. The van der Waals surface area contributed by atoms with Crippen LogP contribution in [0, 0.1) is 0 Å². The Hall–Kier alpha value is -1.22. The van der Waals surface area contributed by atoms with Gasteiger partial charge >= 0.3 is 6.03 Å². The van der Waals surface area contributed by atoms with Crippen LogP contribution >= 0.6 is 11.6 Å². The van der Waals surface area contributed by atoms with Gasteiger partial charge in [-0.1, -0.05) is 23.7 Å².